The van der Waals surface area contributed by atoms with Crippen molar-refractivity contribution < 1.29 is 33.5 Å². The molecule has 2 saturated heterocycles. The van der Waals surface area contributed by atoms with Crippen LogP contribution in [0.3, 0.4) is 0 Å². The van der Waals surface area contributed by atoms with E-state index >= 15 is 0 Å². The molecule has 20 nitrogen and oxygen atoms in total. The number of fused-ring (bicyclic) bond motifs is 2. The van der Waals surface area contributed by atoms with Crippen molar-refractivity contribution in [3.05, 3.63) is 86.2 Å². The van der Waals surface area contributed by atoms with Crippen molar-refractivity contribution >= 4 is 63.6 Å². The van der Waals surface area contributed by atoms with Gasteiger partial charge in [0.05, 0.1) is 33.2 Å². The van der Waals surface area contributed by atoms with Gasteiger partial charge in [0.15, 0.2) is 0 Å². The summed E-state index contributed by atoms with van der Waals surface area (Å²) in [6.45, 7) is 3.02. The monoisotopic (exact) mass is 743 g/mol. The number of anilines is 1. The molecular weight excluding hydrogens is 706 g/mol. The first-order chi connectivity index (χ1) is 25.9. The van der Waals surface area contributed by atoms with Crippen molar-refractivity contribution in [3.8, 4) is 0 Å². The molecule has 0 radical (unpaired) electrons. The highest BCUT2D eigenvalue weighted by Crippen LogP contribution is 2.24. The van der Waals surface area contributed by atoms with E-state index in [4.69, 9.17) is 15.4 Å². The summed E-state index contributed by atoms with van der Waals surface area (Å²) in [6, 6.07) is 8.03. The molecule has 4 aromatic rings. The maximum Gasteiger partial charge on any atom is 0.412 e. The predicted octanol–water partition coefficient (Wildman–Crippen LogP) is -0.577. The fraction of sp³-hybridized carbons (Fsp3) is 0.294. The van der Waals surface area contributed by atoms with Gasteiger partial charge in [0.1, 0.15) is 30.3 Å². The minimum atomic E-state index is -0.941. The summed E-state index contributed by atoms with van der Waals surface area (Å²) in [5, 5.41) is 10.4. The number of carbonyl (C=O) groups excluding carboxylic acids is 6. The van der Waals surface area contributed by atoms with Crippen molar-refractivity contribution in [2.75, 3.05) is 11.9 Å². The molecule has 2 aliphatic rings. The van der Waals surface area contributed by atoms with Gasteiger partial charge in [-0.15, -0.1) is 0 Å². The van der Waals surface area contributed by atoms with Crippen LogP contribution in [-0.2, 0) is 35.3 Å². The average Bonchev–Trinajstić information content (AvgIpc) is 3.11. The summed E-state index contributed by atoms with van der Waals surface area (Å²) < 4.78 is 7.85. The fourth-order valence-corrected chi connectivity index (χ4v) is 6.32. The van der Waals surface area contributed by atoms with Crippen molar-refractivity contribution in [2.45, 2.75) is 58.2 Å². The smallest absolute Gasteiger partial charge is 0.412 e. The zero-order valence-electron chi connectivity index (χ0n) is 29.1. The van der Waals surface area contributed by atoms with Crippen molar-refractivity contribution in [3.63, 3.8) is 0 Å². The molecule has 0 spiro atoms. The zero-order valence-corrected chi connectivity index (χ0v) is 29.1. The Morgan fingerprint density at radius 3 is 1.93 bits per heavy atom. The lowest BCUT2D eigenvalue weighted by molar-refractivity contribution is -0.137. The van der Waals surface area contributed by atoms with Gasteiger partial charge < -0.3 is 21.2 Å². The van der Waals surface area contributed by atoms with Crippen molar-refractivity contribution in [2.24, 2.45) is 11.6 Å². The minimum Gasteiger partial charge on any atom is -0.443 e. The second-order valence-electron chi connectivity index (χ2n) is 12.1. The molecule has 2 aromatic heterocycles. The van der Waals surface area contributed by atoms with Crippen LogP contribution in [-0.4, -0.2) is 61.8 Å². The Morgan fingerprint density at radius 1 is 0.870 bits per heavy atom. The van der Waals surface area contributed by atoms with E-state index < -0.39 is 52.9 Å². The largest absolute Gasteiger partial charge is 0.443 e. The van der Waals surface area contributed by atoms with Gasteiger partial charge in [0.25, 0.3) is 11.1 Å². The van der Waals surface area contributed by atoms with Gasteiger partial charge in [-0.1, -0.05) is 18.2 Å². The number of hydrogen-bond donors (Lipinski definition) is 7. The number of imide groups is 2. The Labute approximate surface area is 305 Å². The van der Waals surface area contributed by atoms with E-state index in [9.17, 15) is 33.6 Å². The number of carbonyl (C=O) groups is 6. The van der Waals surface area contributed by atoms with Gasteiger partial charge in [-0.2, -0.15) is 0 Å². The average molecular weight is 744 g/mol. The highest BCUT2D eigenvalue weighted by atomic mass is 16.5. The number of nitrogens with two attached hydrogens (primary N) is 2. The van der Waals surface area contributed by atoms with Crippen LogP contribution < -0.4 is 49.4 Å². The predicted molar refractivity (Wildman–Crippen MR) is 192 cm³/mol. The normalized spacial score (nSPS) is 17.2. The summed E-state index contributed by atoms with van der Waals surface area (Å²) in [7, 11) is 0. The number of nitrogens with zero attached hydrogens (tertiary/aromatic N) is 4. The van der Waals surface area contributed by atoms with E-state index in [1.165, 1.54) is 21.4 Å². The molecule has 2 fully saturated rings. The van der Waals surface area contributed by atoms with E-state index in [-0.39, 0.29) is 73.4 Å². The van der Waals surface area contributed by atoms with Crippen LogP contribution in [0.2, 0.25) is 0 Å². The topological polar surface area (TPSA) is 294 Å². The quantitative estimate of drug-likeness (QED) is 0.0489. The second kappa shape index (κ2) is 16.6. The molecule has 9 N–H and O–H groups in total. The lowest BCUT2D eigenvalue weighted by Crippen LogP contribution is -2.45. The van der Waals surface area contributed by atoms with E-state index in [1.807, 2.05) is 0 Å². The molecule has 0 saturated carbocycles. The van der Waals surface area contributed by atoms with Crippen molar-refractivity contribution in [1.29, 1.82) is 0 Å². The number of primary amides is 1. The van der Waals surface area contributed by atoms with Gasteiger partial charge in [-0.25, -0.2) is 14.8 Å². The molecule has 20 heteroatoms. The number of hydrogen-bond acceptors (Lipinski definition) is 14. The fourth-order valence-electron chi connectivity index (χ4n) is 6.32. The number of aryl methyl sites for hydroxylation is 2. The molecular formula is C34H37N11O9. The highest BCUT2D eigenvalue weighted by molar-refractivity contribution is 6.01. The number of amides is 6. The number of nitrogens with one attached hydrogen (secondary N) is 5. The summed E-state index contributed by atoms with van der Waals surface area (Å²) in [6.07, 6.45) is 1.26. The molecule has 0 bridgehead atoms. The standard InChI is InChI=1S/C33H34N10O8.CH3NO/c1-16-36-20-6-3-5-18(27(20)31(48)42(16)23-9-11-25(44)39-29(23)46)13-35-14-19(41-34)15-51-33(50)38-22-8-4-7-21-28(22)32(49)43(17(2)37-21)24-10-12-26(45)40-30(24)47;2-1-3/h3-8,14,23-24,35,41H,9-13,15,34H2,1-2H3,(H,38,50)(H,39,44,46)(H,40,45,47);1H,(H2,2,3)/b19-14-;. The van der Waals surface area contributed by atoms with Crippen LogP contribution in [0.4, 0.5) is 10.5 Å². The molecule has 282 valence electrons. The minimum absolute atomic E-state index is 0.0515. The van der Waals surface area contributed by atoms with Gasteiger partial charge in [0.2, 0.25) is 30.0 Å². The number of rotatable bonds is 9. The third kappa shape index (κ3) is 8.07. The zero-order chi connectivity index (χ0) is 39.1. The summed E-state index contributed by atoms with van der Waals surface area (Å²) >= 11 is 0. The number of ether oxygens (including phenoxy) is 1. The molecule has 0 aliphatic carbocycles. The number of benzene rings is 2. The van der Waals surface area contributed by atoms with E-state index in [1.54, 1.807) is 44.2 Å². The van der Waals surface area contributed by atoms with Crippen LogP contribution in [0, 0.1) is 13.8 Å². The van der Waals surface area contributed by atoms with Crippen LogP contribution in [0.25, 0.3) is 21.8 Å². The summed E-state index contributed by atoms with van der Waals surface area (Å²) in [4.78, 5) is 106. The molecule has 2 atom stereocenters. The lowest BCUT2D eigenvalue weighted by Gasteiger charge is -2.24. The summed E-state index contributed by atoms with van der Waals surface area (Å²) in [5.74, 6) is 4.29. The van der Waals surface area contributed by atoms with E-state index in [2.05, 4.69) is 42.4 Å². The Kier molecular flexibility index (Phi) is 11.8. The van der Waals surface area contributed by atoms with Gasteiger partial charge in [-0.05, 0) is 50.5 Å². The van der Waals surface area contributed by atoms with Crippen LogP contribution in [0.1, 0.15) is 55.0 Å². The SMILES string of the molecule is Cc1nc2cccc(CN/C=C(/COC(=O)Nc3cccc4nc(C)n(C5CCC(=O)NC5=O)c(=O)c34)NN)c2c(=O)n1C1CCC(=O)NC1=O.NC=O. The van der Waals surface area contributed by atoms with Gasteiger partial charge in [-0.3, -0.25) is 64.5 Å². The number of aromatic nitrogens is 4. The third-order valence-corrected chi connectivity index (χ3v) is 8.69. The first kappa shape index (κ1) is 38.3. The molecule has 2 aromatic carbocycles. The van der Waals surface area contributed by atoms with Crippen molar-refractivity contribution in [1.82, 2.24) is 40.5 Å². The molecule has 2 aliphatic heterocycles. The first-order valence-electron chi connectivity index (χ1n) is 16.6. The maximum atomic E-state index is 13.7. The van der Waals surface area contributed by atoms with E-state index in [0.29, 0.717) is 22.3 Å². The number of hydrazine groups is 1. The Bertz CT molecular complexity index is 2330. The van der Waals surface area contributed by atoms with Crippen LogP contribution >= 0.6 is 0 Å². The summed E-state index contributed by atoms with van der Waals surface area (Å²) in [5.41, 5.74) is 7.25. The van der Waals surface area contributed by atoms with Crippen LogP contribution in [0.5, 0.6) is 0 Å². The van der Waals surface area contributed by atoms with Crippen LogP contribution in [0.15, 0.2) is 57.9 Å². The molecule has 6 rings (SSSR count). The second-order valence-corrected chi connectivity index (χ2v) is 12.1. The molecule has 6 amide bonds. The highest BCUT2D eigenvalue weighted by Gasteiger charge is 2.32. The Hall–Kier alpha value is -6.96. The first-order valence-corrected chi connectivity index (χ1v) is 16.6. The lowest BCUT2D eigenvalue weighted by atomic mass is 10.0. The number of piperidine rings is 2. The van der Waals surface area contributed by atoms with E-state index in [0.717, 1.165) is 0 Å². The van der Waals surface area contributed by atoms with Gasteiger partial charge >= 0.3 is 6.09 Å². The maximum absolute atomic E-state index is 13.7. The molecule has 4 heterocycles. The molecule has 2 unspecified atom stereocenters. The van der Waals surface area contributed by atoms with Gasteiger partial charge in [0, 0.05) is 25.6 Å². The Balaban J connectivity index is 0.00000181. The third-order valence-electron chi connectivity index (χ3n) is 8.69. The molecule has 54 heavy (non-hydrogen) atoms. The Morgan fingerprint density at radius 2 is 1.39 bits per heavy atom.